The molecule has 18 nitrogen and oxygen atoms in total. The molecule has 0 radical (unpaired) electrons. The van der Waals surface area contributed by atoms with Crippen LogP contribution >= 0.6 is 0 Å². The molecule has 0 unspecified atom stereocenters. The van der Waals surface area contributed by atoms with Gasteiger partial charge in [-0.25, -0.2) is 0 Å². The van der Waals surface area contributed by atoms with E-state index in [-0.39, 0.29) is 32.6 Å². The number of carbonyl (C=O) groups excluding carboxylic acids is 4. The van der Waals surface area contributed by atoms with E-state index in [9.17, 15) is 38.7 Å². The third-order valence-corrected chi connectivity index (χ3v) is 5.79. The van der Waals surface area contributed by atoms with Crippen LogP contribution in [0.2, 0.25) is 0 Å². The van der Waals surface area contributed by atoms with Crippen molar-refractivity contribution in [1.29, 1.82) is 0 Å². The smallest absolute Gasteiger partial charge is 0.324 e. The number of nitrogens with one attached hydrogen (secondary N) is 1. The predicted octanol–water partition coefficient (Wildman–Crippen LogP) is -0.385. The summed E-state index contributed by atoms with van der Waals surface area (Å²) in [6, 6.07) is 9.77. The first-order valence-corrected chi connectivity index (χ1v) is 14.8. The van der Waals surface area contributed by atoms with Crippen LogP contribution in [-0.2, 0) is 55.9 Å². The maximum Gasteiger partial charge on any atom is 0.324 e. The number of ether oxygens (including phenoxy) is 4. The Balaban J connectivity index is 0.000000793. The Morgan fingerprint density at radius 2 is 0.980 bits per heavy atom. The highest BCUT2D eigenvalue weighted by atomic mass is 16.5. The molecule has 0 aliphatic rings. The van der Waals surface area contributed by atoms with Crippen LogP contribution in [0.3, 0.4) is 0 Å². The fourth-order valence-corrected chi connectivity index (χ4v) is 3.40. The van der Waals surface area contributed by atoms with Crippen molar-refractivity contribution >= 4 is 41.8 Å². The van der Waals surface area contributed by atoms with E-state index in [1.807, 2.05) is 0 Å². The summed E-state index contributed by atoms with van der Waals surface area (Å²) in [6.07, 6.45) is 0.478. The van der Waals surface area contributed by atoms with Gasteiger partial charge >= 0.3 is 41.8 Å². The predicted molar refractivity (Wildman–Crippen MR) is 175 cm³/mol. The third-order valence-electron chi connectivity index (χ3n) is 5.79. The van der Waals surface area contributed by atoms with Crippen LogP contribution < -0.4 is 32.0 Å². The van der Waals surface area contributed by atoms with Gasteiger partial charge in [-0.1, -0.05) is 24.3 Å². The Labute approximate surface area is 287 Å². The van der Waals surface area contributed by atoms with Gasteiger partial charge in [0, 0.05) is 34.2 Å². The van der Waals surface area contributed by atoms with Crippen molar-refractivity contribution in [3.05, 3.63) is 59.7 Å². The molecule has 0 aliphatic heterocycles. The molecule has 0 amide bonds. The Hall–Kier alpha value is -5.43. The molecular formula is C32H44N4O14. The Bertz CT molecular complexity index is 1420. The van der Waals surface area contributed by atoms with Gasteiger partial charge in [-0.3, -0.25) is 33.6 Å². The summed E-state index contributed by atoms with van der Waals surface area (Å²) in [4.78, 5) is 74.2. The fourth-order valence-electron chi connectivity index (χ4n) is 3.40. The van der Waals surface area contributed by atoms with Crippen LogP contribution in [0, 0.1) is 0 Å². The lowest BCUT2D eigenvalue weighted by atomic mass is 10.1. The van der Waals surface area contributed by atoms with Crippen LogP contribution in [0.25, 0.3) is 0 Å². The van der Waals surface area contributed by atoms with Crippen molar-refractivity contribution in [3.63, 3.8) is 0 Å². The zero-order valence-electron chi connectivity index (χ0n) is 28.0. The zero-order chi connectivity index (χ0) is 38.4. The van der Waals surface area contributed by atoms with Gasteiger partial charge < -0.3 is 56.8 Å². The first-order chi connectivity index (χ1) is 23.3. The number of carbonyl (C=O) groups is 7. The molecule has 0 aromatic heterocycles. The van der Waals surface area contributed by atoms with Gasteiger partial charge in [-0.2, -0.15) is 0 Å². The van der Waals surface area contributed by atoms with Gasteiger partial charge in [0.1, 0.15) is 42.8 Å². The van der Waals surface area contributed by atoms with Crippen molar-refractivity contribution in [1.82, 2.24) is 5.32 Å². The van der Waals surface area contributed by atoms with Gasteiger partial charge in [0.15, 0.2) is 0 Å². The number of nitrogens with two attached hydrogens (primary N) is 3. The number of hydrogen-bond acceptors (Lipinski definition) is 15. The lowest BCUT2D eigenvalue weighted by Gasteiger charge is -2.18. The Kier molecular flexibility index (Phi) is 21.2. The van der Waals surface area contributed by atoms with Crippen LogP contribution in [0.15, 0.2) is 48.5 Å². The highest BCUT2D eigenvalue weighted by Gasteiger charge is 2.19. The number of benzene rings is 2. The monoisotopic (exact) mass is 708 g/mol. The van der Waals surface area contributed by atoms with E-state index in [4.69, 9.17) is 41.6 Å². The standard InChI is InChI=1S/C16H22N2O6.C11H13NO4.C5H9NO4/c1-10(19)23-9-13(17)8-18-15(16(21)22)7-12-3-5-14(6-4-12)24-11(2)20;1-7(13)16-9-4-2-8(3-5-9)6-10(12)11(14)15;1-3(7)10-2-4(6)5(8)9/h3-6,13,15,18H,7-9,17H2,1-2H3,(H,21,22);2-5,10H,6,12H2,1H3,(H,14,15);4H,2,6H2,1H3,(H,8,9)/t13-,15+;10-;4-/m100/s1. The molecule has 2 aromatic rings. The minimum absolute atomic E-state index is 0.0196. The third kappa shape index (κ3) is 22.2. The molecule has 10 N–H and O–H groups in total. The Morgan fingerprint density at radius 1 is 0.580 bits per heavy atom. The molecule has 0 spiro atoms. The zero-order valence-corrected chi connectivity index (χ0v) is 28.0. The largest absolute Gasteiger partial charge is 0.480 e. The lowest BCUT2D eigenvalue weighted by Crippen LogP contribution is -2.46. The molecule has 0 bridgehead atoms. The fraction of sp³-hybridized carbons (Fsp3) is 0.406. The summed E-state index contributed by atoms with van der Waals surface area (Å²) >= 11 is 0. The van der Waals surface area contributed by atoms with Crippen molar-refractivity contribution < 1.29 is 67.8 Å². The molecule has 0 heterocycles. The second kappa shape index (κ2) is 23.8. The van der Waals surface area contributed by atoms with Gasteiger partial charge in [-0.15, -0.1) is 0 Å². The van der Waals surface area contributed by atoms with Crippen LogP contribution in [0.4, 0.5) is 0 Å². The number of esters is 4. The van der Waals surface area contributed by atoms with E-state index < -0.39 is 66.0 Å². The molecule has 2 rings (SSSR count). The van der Waals surface area contributed by atoms with E-state index in [2.05, 4.69) is 10.1 Å². The number of carboxylic acids is 3. The number of rotatable bonds is 16. The molecule has 18 heteroatoms. The second-order valence-corrected chi connectivity index (χ2v) is 10.4. The maximum atomic E-state index is 11.3. The van der Waals surface area contributed by atoms with E-state index in [1.165, 1.54) is 27.7 Å². The summed E-state index contributed by atoms with van der Waals surface area (Å²) in [5.74, 6) is -4.19. The van der Waals surface area contributed by atoms with Gasteiger partial charge in [0.2, 0.25) is 0 Å². The number of hydrogen-bond donors (Lipinski definition) is 7. The van der Waals surface area contributed by atoms with Crippen LogP contribution in [-0.4, -0.2) is 101 Å². The lowest BCUT2D eigenvalue weighted by molar-refractivity contribution is -0.146. The van der Waals surface area contributed by atoms with E-state index >= 15 is 0 Å². The Morgan fingerprint density at radius 3 is 1.34 bits per heavy atom. The van der Waals surface area contributed by atoms with E-state index in [0.29, 0.717) is 11.5 Å². The summed E-state index contributed by atoms with van der Waals surface area (Å²) in [5.41, 5.74) is 17.7. The van der Waals surface area contributed by atoms with Crippen LogP contribution in [0.1, 0.15) is 38.8 Å². The normalized spacial score (nSPS) is 12.5. The summed E-state index contributed by atoms with van der Waals surface area (Å²) in [5, 5.41) is 28.9. The van der Waals surface area contributed by atoms with E-state index in [1.54, 1.807) is 48.5 Å². The SMILES string of the molecule is CC(=O)OC[C@H](N)C(=O)O.CC(=O)OC[C@H](N)CN[C@@H](Cc1ccc(OC(C)=O)cc1)C(=O)O.CC(=O)Oc1ccc(C[C@H](N)C(=O)O)cc1. The molecule has 276 valence electrons. The van der Waals surface area contributed by atoms with Gasteiger partial charge in [0.25, 0.3) is 0 Å². The molecule has 2 aromatic carbocycles. The average Bonchev–Trinajstić information content (AvgIpc) is 3.02. The summed E-state index contributed by atoms with van der Waals surface area (Å²) < 4.78 is 18.8. The topological polar surface area (TPSA) is 307 Å². The first-order valence-electron chi connectivity index (χ1n) is 14.8. The summed E-state index contributed by atoms with van der Waals surface area (Å²) in [6.45, 7) is 5.02. The van der Waals surface area contributed by atoms with Gasteiger partial charge in [0.05, 0.1) is 6.04 Å². The van der Waals surface area contributed by atoms with E-state index in [0.717, 1.165) is 11.1 Å². The molecule has 0 aliphatic carbocycles. The van der Waals surface area contributed by atoms with Crippen molar-refractivity contribution in [3.8, 4) is 11.5 Å². The maximum absolute atomic E-state index is 11.3. The number of aliphatic carboxylic acids is 3. The molecule has 0 saturated carbocycles. The van der Waals surface area contributed by atoms with Crippen molar-refractivity contribution in [2.45, 2.75) is 64.7 Å². The molecule has 0 fully saturated rings. The second-order valence-electron chi connectivity index (χ2n) is 10.4. The van der Waals surface area contributed by atoms with Crippen molar-refractivity contribution in [2.24, 2.45) is 17.2 Å². The number of carboxylic acid groups (broad SMARTS) is 3. The highest BCUT2D eigenvalue weighted by Crippen LogP contribution is 2.14. The minimum atomic E-state index is -1.18. The molecule has 50 heavy (non-hydrogen) atoms. The average molecular weight is 709 g/mol. The minimum Gasteiger partial charge on any atom is -0.480 e. The highest BCUT2D eigenvalue weighted by molar-refractivity contribution is 5.75. The molecule has 4 atom stereocenters. The summed E-state index contributed by atoms with van der Waals surface area (Å²) in [7, 11) is 0. The van der Waals surface area contributed by atoms with Gasteiger partial charge in [-0.05, 0) is 48.2 Å². The molecular weight excluding hydrogens is 664 g/mol. The van der Waals surface area contributed by atoms with Crippen LogP contribution in [0.5, 0.6) is 11.5 Å². The quantitative estimate of drug-likeness (QED) is 0.0863. The molecule has 0 saturated heterocycles. The first kappa shape index (κ1) is 44.6. The van der Waals surface area contributed by atoms with Crippen molar-refractivity contribution in [2.75, 3.05) is 19.8 Å².